The average molecular weight is 1530 g/mol. The van der Waals surface area contributed by atoms with Crippen molar-refractivity contribution in [3.05, 3.63) is 185 Å². The highest BCUT2D eigenvalue weighted by Crippen LogP contribution is 2.30. The number of halogens is 7. The number of hydrogen-bond donors (Lipinski definition) is 9. The van der Waals surface area contributed by atoms with Crippen LogP contribution in [0.2, 0.25) is 19.6 Å². The molecule has 25 nitrogen and oxygen atoms in total. The summed E-state index contributed by atoms with van der Waals surface area (Å²) in [5.41, 5.74) is -4.82. The maximum absolute atomic E-state index is 14.8. The van der Waals surface area contributed by atoms with Gasteiger partial charge in [-0.1, -0.05) is 53.8 Å². The van der Waals surface area contributed by atoms with Crippen molar-refractivity contribution in [2.75, 3.05) is 49.0 Å². The van der Waals surface area contributed by atoms with E-state index >= 15 is 0 Å². The summed E-state index contributed by atoms with van der Waals surface area (Å²) in [6, 6.07) is 11.5. The van der Waals surface area contributed by atoms with Crippen LogP contribution in [0.5, 0.6) is 0 Å². The van der Waals surface area contributed by atoms with Gasteiger partial charge in [0.15, 0.2) is 16.9 Å². The van der Waals surface area contributed by atoms with Gasteiger partial charge in [0.2, 0.25) is 17.5 Å². The molecule has 33 heteroatoms. The molecule has 0 aliphatic carbocycles. The van der Waals surface area contributed by atoms with Crippen molar-refractivity contribution in [3.63, 3.8) is 0 Å². The Bertz CT molecular complexity index is 4740. The lowest BCUT2D eigenvalue weighted by Gasteiger charge is -2.15. The molecule has 1 fully saturated rings. The monoisotopic (exact) mass is 1530 g/mol. The molecule has 0 unspecified atom stereocenters. The van der Waals surface area contributed by atoms with Gasteiger partial charge in [0.1, 0.15) is 60.7 Å². The largest absolute Gasteiger partial charge is 0.394 e. The van der Waals surface area contributed by atoms with Crippen LogP contribution in [0.25, 0.3) is 33.1 Å². The normalized spacial score (nSPS) is 12.2. The van der Waals surface area contributed by atoms with E-state index < -0.39 is 132 Å². The second-order valence-electron chi connectivity index (χ2n) is 22.3. The first kappa shape index (κ1) is 84.5. The van der Waals surface area contributed by atoms with Crippen molar-refractivity contribution >= 4 is 97.9 Å². The minimum absolute atomic E-state index is 0. The van der Waals surface area contributed by atoms with Gasteiger partial charge in [-0.3, -0.25) is 56.2 Å². The summed E-state index contributed by atoms with van der Waals surface area (Å²) < 4.78 is 98.1. The van der Waals surface area contributed by atoms with Crippen LogP contribution in [0, 0.1) is 75.1 Å². The SMILES string of the molecule is C.C.C.C#C[Si](C)(C)C.C#Cc1ccc(Nc2c(F)c(=O)n(C)c3ncn(C[C@H](O)CO)c(=O)c23)c(F)c1.C#Cc1ccc(Nc2c(F)c(=O)n(C)c3ncn(C[C@H](O)CO)c(=O)c23)c(F)c1.C1CCOC1.Cn1c(=O)c(F)c(Nc2ccc(I)cc2F)c2c(=O)n(C[C@H](O)CO)cnc21. The zero-order valence-electron chi connectivity index (χ0n) is 52.7. The zero-order chi connectivity index (χ0) is 71.9. The minimum Gasteiger partial charge on any atom is -0.394 e. The van der Waals surface area contributed by atoms with Crippen molar-refractivity contribution < 1.29 is 61.7 Å². The molecule has 0 amide bonds. The molecule has 100 heavy (non-hydrogen) atoms. The summed E-state index contributed by atoms with van der Waals surface area (Å²) in [6.07, 6.45) is 17.6. The summed E-state index contributed by atoms with van der Waals surface area (Å²) in [7, 11) is 2.62. The number of pyridine rings is 3. The number of nitrogens with zero attached hydrogens (tertiary/aromatic N) is 9. The van der Waals surface area contributed by atoms with Crippen LogP contribution in [0.3, 0.4) is 0 Å². The topological polar surface area (TPSA) is 337 Å². The number of terminal acetylenes is 3. The van der Waals surface area contributed by atoms with Gasteiger partial charge in [0.05, 0.1) is 91.9 Å². The average Bonchev–Trinajstić information content (AvgIpc) is 0.820. The Balaban J connectivity index is 0.000000356. The summed E-state index contributed by atoms with van der Waals surface area (Å²) >= 11 is 1.91. The lowest BCUT2D eigenvalue weighted by molar-refractivity contribution is 0.0802. The van der Waals surface area contributed by atoms with E-state index in [1.54, 1.807) is 6.07 Å². The number of fused-ring (bicyclic) bond motifs is 3. The molecule has 0 spiro atoms. The Morgan fingerprint density at radius 2 is 0.790 bits per heavy atom. The molecule has 1 saturated heterocycles. The first-order valence-corrected chi connectivity index (χ1v) is 33.5. The number of ether oxygens (including phenoxy) is 1. The van der Waals surface area contributed by atoms with E-state index in [9.17, 15) is 70.4 Å². The van der Waals surface area contributed by atoms with Gasteiger partial charge in [-0.15, -0.1) is 24.8 Å². The standard InChI is InChI=1S/2C19H16F2N4O4.C17H15F2IN4O4.C5H10Si.C4H8O.3CH4/c2*1-3-10-4-5-13(12(20)6-10)23-16-14-17(24(2)19(29)15(16)21)22-9-25(18(14)28)7-11(27)8-26;1-23-15-12(16(27)24(7-21-15)5-9(26)6-25)14(13(19)17(23)28)22-11-3-2-8(20)4-10(11)18;1-5-6(2,3)4;1-2-4-5-3-1;;;/h2*1,4-6,9,11,23,26-27H,7-8H2,2H3;2-4,7,9,22,25-26H,5-6H2,1H3;1H,2-4H3;1-4H2;3*1H4/t2*11-;9-;;;;;/m000...../s1. The van der Waals surface area contributed by atoms with Crippen molar-refractivity contribution in [1.29, 1.82) is 0 Å². The van der Waals surface area contributed by atoms with E-state index in [2.05, 4.69) is 67.9 Å². The summed E-state index contributed by atoms with van der Waals surface area (Å²) in [6.45, 7) is 5.72. The van der Waals surface area contributed by atoms with E-state index in [4.69, 9.17) is 39.3 Å². The van der Waals surface area contributed by atoms with Gasteiger partial charge < -0.3 is 51.3 Å². The van der Waals surface area contributed by atoms with Crippen LogP contribution in [0.4, 0.5) is 60.5 Å². The highest BCUT2D eigenvalue weighted by molar-refractivity contribution is 14.1. The number of aliphatic hydroxyl groups is 6. The molecule has 0 radical (unpaired) electrons. The molecule has 10 rings (SSSR count). The molecule has 3 aromatic carbocycles. The molecule has 0 bridgehead atoms. The van der Waals surface area contributed by atoms with Gasteiger partial charge >= 0.3 is 0 Å². The first-order chi connectivity index (χ1) is 45.9. The van der Waals surface area contributed by atoms with Crippen LogP contribution in [-0.2, 0) is 45.5 Å². The molecule has 9 N–H and O–H groups in total. The Labute approximate surface area is 583 Å². The van der Waals surface area contributed by atoms with Crippen LogP contribution in [-0.4, -0.2) is 132 Å². The minimum atomic E-state index is -1.31. The summed E-state index contributed by atoms with van der Waals surface area (Å²) in [4.78, 5) is 87.2. The number of rotatable bonds is 15. The molecule has 3 atom stereocenters. The fraction of sp³-hybridized carbons (Fsp3) is 0.328. The predicted octanol–water partition coefficient (Wildman–Crippen LogP) is 6.18. The van der Waals surface area contributed by atoms with Gasteiger partial charge in [-0.2, -0.15) is 13.2 Å². The number of anilines is 6. The molecule has 9 aromatic rings. The molecule has 536 valence electrons. The van der Waals surface area contributed by atoms with E-state index in [0.29, 0.717) is 3.57 Å². The number of nitrogens with one attached hydrogen (secondary N) is 3. The van der Waals surface area contributed by atoms with E-state index in [1.807, 2.05) is 22.6 Å². The molecule has 6 aromatic heterocycles. The summed E-state index contributed by atoms with van der Waals surface area (Å²) in [5.74, 6) is -1.69. The Hall–Kier alpha value is -9.74. The number of aromatic nitrogens is 9. The summed E-state index contributed by atoms with van der Waals surface area (Å²) in [5, 5.41) is 62.2. The first-order valence-electron chi connectivity index (χ1n) is 28.9. The lowest BCUT2D eigenvalue weighted by Crippen LogP contribution is -2.32. The fourth-order valence-electron chi connectivity index (χ4n) is 8.76. The maximum Gasteiger partial charge on any atom is 0.290 e. The zero-order valence-corrected chi connectivity index (χ0v) is 55.8. The second kappa shape index (κ2) is 37.4. The van der Waals surface area contributed by atoms with Crippen molar-refractivity contribution in [3.8, 4) is 36.7 Å². The Morgan fingerprint density at radius 1 is 0.510 bits per heavy atom. The molecule has 7 heterocycles. The molecule has 1 aliphatic heterocycles. The fourth-order valence-corrected chi connectivity index (χ4v) is 9.21. The number of aliphatic hydroxyl groups excluding tert-OH is 6. The molecule has 0 saturated carbocycles. The third-order valence-electron chi connectivity index (χ3n) is 14.0. The molecule has 1 aliphatic rings. The van der Waals surface area contributed by atoms with Crippen molar-refractivity contribution in [2.45, 2.75) is 92.7 Å². The van der Waals surface area contributed by atoms with Gasteiger partial charge in [-0.05, 0) is 90.0 Å². The van der Waals surface area contributed by atoms with E-state index in [1.165, 1.54) is 70.4 Å². The maximum atomic E-state index is 14.8. The smallest absolute Gasteiger partial charge is 0.290 e. The lowest BCUT2D eigenvalue weighted by atomic mass is 10.2. The number of aryl methyl sites for hydroxylation is 3. The molecular formula is C67H77F6IN12O13Si. The van der Waals surface area contributed by atoms with Crippen LogP contribution < -0.4 is 49.3 Å². The van der Waals surface area contributed by atoms with Gasteiger partial charge in [0.25, 0.3) is 33.4 Å². The van der Waals surface area contributed by atoms with E-state index in [0.717, 1.165) is 71.7 Å². The van der Waals surface area contributed by atoms with Crippen LogP contribution in [0.1, 0.15) is 46.2 Å². The second-order valence-corrected chi connectivity index (χ2v) is 28.3. The Kier molecular flexibility index (Phi) is 31.6. The highest BCUT2D eigenvalue weighted by Gasteiger charge is 2.26. The Morgan fingerprint density at radius 3 is 1.02 bits per heavy atom. The molecular weight excluding hydrogens is 1450 g/mol. The van der Waals surface area contributed by atoms with Gasteiger partial charge in [0, 0.05) is 49.1 Å². The quantitative estimate of drug-likeness (QED) is 0.0239. The number of hydrogen-bond acceptors (Lipinski definition) is 19. The van der Waals surface area contributed by atoms with E-state index in [-0.39, 0.29) is 103 Å². The third-order valence-corrected chi connectivity index (χ3v) is 15.5. The van der Waals surface area contributed by atoms with Crippen molar-refractivity contribution in [1.82, 2.24) is 42.4 Å². The third kappa shape index (κ3) is 20.2. The van der Waals surface area contributed by atoms with Crippen LogP contribution in [0.15, 0.2) is 102 Å². The highest BCUT2D eigenvalue weighted by atomic mass is 127. The van der Waals surface area contributed by atoms with Crippen molar-refractivity contribution in [2.24, 2.45) is 21.1 Å². The number of benzene rings is 3. The van der Waals surface area contributed by atoms with Gasteiger partial charge in [-0.25, -0.2) is 28.1 Å². The predicted molar refractivity (Wildman–Crippen MR) is 383 cm³/mol. The van der Waals surface area contributed by atoms with Crippen LogP contribution >= 0.6 is 22.6 Å².